The molecule has 0 aromatic heterocycles. The summed E-state index contributed by atoms with van der Waals surface area (Å²) in [5.41, 5.74) is 2.18. The van der Waals surface area contributed by atoms with Crippen molar-refractivity contribution in [3.05, 3.63) is 69.7 Å². The fraction of sp³-hybridized carbons (Fsp3) is 0.200. The van der Waals surface area contributed by atoms with Crippen molar-refractivity contribution in [3.8, 4) is 0 Å². The van der Waals surface area contributed by atoms with E-state index in [1.165, 1.54) is 0 Å². The van der Waals surface area contributed by atoms with Crippen LogP contribution in [0.3, 0.4) is 0 Å². The van der Waals surface area contributed by atoms with E-state index in [-0.39, 0.29) is 5.38 Å². The van der Waals surface area contributed by atoms with Crippen LogP contribution in [0.15, 0.2) is 48.5 Å². The van der Waals surface area contributed by atoms with Gasteiger partial charge in [-0.3, -0.25) is 0 Å². The first-order chi connectivity index (χ1) is 8.68. The van der Waals surface area contributed by atoms with Gasteiger partial charge in [0.25, 0.3) is 0 Å². The summed E-state index contributed by atoms with van der Waals surface area (Å²) in [6, 6.07) is 15.8. The Hall–Kier alpha value is -0.690. The van der Waals surface area contributed by atoms with E-state index in [4.69, 9.17) is 34.8 Å². The van der Waals surface area contributed by atoms with E-state index in [1.54, 1.807) is 6.07 Å². The summed E-state index contributed by atoms with van der Waals surface area (Å²) < 4.78 is 0. The molecule has 0 heterocycles. The summed E-state index contributed by atoms with van der Waals surface area (Å²) in [5, 5.41) is 1.23. The highest BCUT2D eigenvalue weighted by molar-refractivity contribution is 6.42. The Morgan fingerprint density at radius 1 is 0.889 bits per heavy atom. The summed E-state index contributed by atoms with van der Waals surface area (Å²) in [6.07, 6.45) is 1.66. The van der Waals surface area contributed by atoms with Crippen LogP contribution in [0.2, 0.25) is 10.0 Å². The van der Waals surface area contributed by atoms with E-state index in [2.05, 4.69) is 0 Å². The smallest absolute Gasteiger partial charge is 0.0624 e. The fourth-order valence-electron chi connectivity index (χ4n) is 1.85. The van der Waals surface area contributed by atoms with Crippen molar-refractivity contribution in [1.29, 1.82) is 0 Å². The van der Waals surface area contributed by atoms with Gasteiger partial charge >= 0.3 is 0 Å². The van der Waals surface area contributed by atoms with Gasteiger partial charge in [0.15, 0.2) is 0 Å². The summed E-state index contributed by atoms with van der Waals surface area (Å²) in [7, 11) is 0. The van der Waals surface area contributed by atoms with Gasteiger partial charge in [-0.1, -0.05) is 65.7 Å². The maximum Gasteiger partial charge on any atom is 0.0624 e. The first kappa shape index (κ1) is 13.7. The second kappa shape index (κ2) is 6.47. The molecule has 0 bridgehead atoms. The third-order valence-electron chi connectivity index (χ3n) is 2.86. The molecule has 2 rings (SSSR count). The Kier molecular flexibility index (Phi) is 4.94. The molecule has 0 saturated carbocycles. The van der Waals surface area contributed by atoms with Crippen molar-refractivity contribution in [2.45, 2.75) is 18.2 Å². The van der Waals surface area contributed by atoms with Crippen LogP contribution in [-0.4, -0.2) is 0 Å². The van der Waals surface area contributed by atoms with Gasteiger partial charge in [0.2, 0.25) is 0 Å². The van der Waals surface area contributed by atoms with Gasteiger partial charge < -0.3 is 0 Å². The highest BCUT2D eigenvalue weighted by atomic mass is 35.5. The molecule has 1 unspecified atom stereocenters. The number of alkyl halides is 1. The molecule has 0 spiro atoms. The Morgan fingerprint density at radius 2 is 1.61 bits per heavy atom. The van der Waals surface area contributed by atoms with Gasteiger partial charge in [0, 0.05) is 0 Å². The summed E-state index contributed by atoms with van der Waals surface area (Å²) in [5.74, 6) is 0. The fourth-order valence-corrected chi connectivity index (χ4v) is 2.52. The lowest BCUT2D eigenvalue weighted by Gasteiger charge is -2.11. The second-order valence-corrected chi connectivity index (χ2v) is 5.44. The van der Waals surface area contributed by atoms with Gasteiger partial charge in [-0.25, -0.2) is 0 Å². The van der Waals surface area contributed by atoms with E-state index >= 15 is 0 Å². The maximum absolute atomic E-state index is 6.37. The first-order valence-electron chi connectivity index (χ1n) is 5.80. The van der Waals surface area contributed by atoms with Gasteiger partial charge in [0.05, 0.1) is 15.4 Å². The predicted molar refractivity (Wildman–Crippen MR) is 79.8 cm³/mol. The van der Waals surface area contributed by atoms with Gasteiger partial charge in [0.1, 0.15) is 0 Å². The molecular weight excluding hydrogens is 287 g/mol. The van der Waals surface area contributed by atoms with Crippen molar-refractivity contribution < 1.29 is 0 Å². The minimum absolute atomic E-state index is 0.00116. The van der Waals surface area contributed by atoms with E-state index < -0.39 is 0 Å². The normalized spacial score (nSPS) is 12.4. The molecule has 2 aromatic carbocycles. The molecule has 18 heavy (non-hydrogen) atoms. The minimum Gasteiger partial charge on any atom is -0.118 e. The third kappa shape index (κ3) is 3.41. The summed E-state index contributed by atoms with van der Waals surface area (Å²) in [6.45, 7) is 0. The van der Waals surface area contributed by atoms with Gasteiger partial charge in [-0.05, 0) is 30.0 Å². The highest BCUT2D eigenvalue weighted by Gasteiger charge is 2.10. The molecule has 0 radical (unpaired) electrons. The number of rotatable bonds is 4. The van der Waals surface area contributed by atoms with Crippen LogP contribution in [0.1, 0.15) is 22.9 Å². The molecule has 1 atom stereocenters. The number of hydrogen-bond donors (Lipinski definition) is 0. The van der Waals surface area contributed by atoms with Crippen LogP contribution in [-0.2, 0) is 6.42 Å². The lowest BCUT2D eigenvalue weighted by molar-refractivity contribution is 0.794. The first-order valence-corrected chi connectivity index (χ1v) is 6.99. The monoisotopic (exact) mass is 298 g/mol. The molecule has 0 saturated heterocycles. The van der Waals surface area contributed by atoms with Crippen molar-refractivity contribution in [2.75, 3.05) is 0 Å². The third-order valence-corrected chi connectivity index (χ3v) is 4.19. The molecule has 0 aliphatic rings. The predicted octanol–water partition coefficient (Wildman–Crippen LogP) is 5.91. The van der Waals surface area contributed by atoms with Crippen LogP contribution in [0.4, 0.5) is 0 Å². The number of halogens is 3. The Labute approximate surface area is 122 Å². The average Bonchev–Trinajstić information content (AvgIpc) is 2.41. The molecule has 3 heteroatoms. The van der Waals surface area contributed by atoms with Crippen LogP contribution in [0, 0.1) is 0 Å². The van der Waals surface area contributed by atoms with Crippen LogP contribution in [0.25, 0.3) is 0 Å². The molecular formula is C15H13Cl3. The van der Waals surface area contributed by atoms with Gasteiger partial charge in [-0.2, -0.15) is 0 Å². The Morgan fingerprint density at radius 3 is 2.33 bits per heavy atom. The zero-order chi connectivity index (χ0) is 13.0. The summed E-state index contributed by atoms with van der Waals surface area (Å²) in [4.78, 5) is 0. The molecule has 0 nitrogen and oxygen atoms in total. The van der Waals surface area contributed by atoms with Crippen molar-refractivity contribution in [1.82, 2.24) is 0 Å². The zero-order valence-electron chi connectivity index (χ0n) is 9.74. The van der Waals surface area contributed by atoms with Gasteiger partial charge in [-0.15, -0.1) is 11.6 Å². The Bertz CT molecular complexity index is 508. The lowest BCUT2D eigenvalue weighted by Crippen LogP contribution is -1.94. The van der Waals surface area contributed by atoms with E-state index in [9.17, 15) is 0 Å². The Balaban J connectivity index is 2.02. The van der Waals surface area contributed by atoms with Crippen LogP contribution < -0.4 is 0 Å². The molecule has 94 valence electrons. The zero-order valence-corrected chi connectivity index (χ0v) is 12.0. The number of hydrogen-bond acceptors (Lipinski definition) is 0. The van der Waals surface area contributed by atoms with Crippen molar-refractivity contribution in [2.24, 2.45) is 0 Å². The lowest BCUT2D eigenvalue weighted by atomic mass is 10.0. The van der Waals surface area contributed by atoms with Crippen LogP contribution in [0.5, 0.6) is 0 Å². The number of aryl methyl sites for hydroxylation is 1. The molecule has 0 aliphatic heterocycles. The molecule has 0 aliphatic carbocycles. The average molecular weight is 300 g/mol. The SMILES string of the molecule is Clc1cccc(CCC(Cl)c2ccccc2)c1Cl. The van der Waals surface area contributed by atoms with E-state index in [0.29, 0.717) is 10.0 Å². The molecule has 2 aromatic rings. The standard InChI is InChI=1S/C15H13Cl3/c16-13(11-5-2-1-3-6-11)10-9-12-7-4-8-14(17)15(12)18/h1-8,13H,9-10H2. The number of benzene rings is 2. The van der Waals surface area contributed by atoms with E-state index in [0.717, 1.165) is 24.0 Å². The topological polar surface area (TPSA) is 0 Å². The molecule has 0 amide bonds. The largest absolute Gasteiger partial charge is 0.118 e. The second-order valence-electron chi connectivity index (χ2n) is 4.13. The summed E-state index contributed by atoms with van der Waals surface area (Å²) >= 11 is 18.5. The van der Waals surface area contributed by atoms with Crippen LogP contribution >= 0.6 is 34.8 Å². The quantitative estimate of drug-likeness (QED) is 0.616. The maximum atomic E-state index is 6.37. The highest BCUT2D eigenvalue weighted by Crippen LogP contribution is 2.30. The molecule has 0 N–H and O–H groups in total. The minimum atomic E-state index is 0.00116. The molecule has 0 fully saturated rings. The van der Waals surface area contributed by atoms with Crippen molar-refractivity contribution in [3.63, 3.8) is 0 Å². The van der Waals surface area contributed by atoms with Crippen molar-refractivity contribution >= 4 is 34.8 Å². The van der Waals surface area contributed by atoms with E-state index in [1.807, 2.05) is 42.5 Å².